The van der Waals surface area contributed by atoms with Gasteiger partial charge in [-0.05, 0) is 55.0 Å². The number of rotatable bonds is 12. The minimum Gasteiger partial charge on any atom is -0.494 e. The van der Waals surface area contributed by atoms with Crippen molar-refractivity contribution in [2.45, 2.75) is 31.5 Å². The second kappa shape index (κ2) is 13.0. The zero-order valence-electron chi connectivity index (χ0n) is 19.9. The highest BCUT2D eigenvalue weighted by Crippen LogP contribution is 2.24. The minimum absolute atomic E-state index is 0.146. The van der Waals surface area contributed by atoms with E-state index in [0.717, 1.165) is 24.3 Å². The van der Waals surface area contributed by atoms with Crippen molar-refractivity contribution in [2.24, 2.45) is 0 Å². The lowest BCUT2D eigenvalue weighted by Gasteiger charge is -2.11. The maximum Gasteiger partial charge on any atom is 0.234 e. The predicted octanol–water partition coefficient (Wildman–Crippen LogP) is 6.41. The quantitative estimate of drug-likeness (QED) is 0.171. The van der Waals surface area contributed by atoms with Crippen LogP contribution in [-0.4, -0.2) is 33.0 Å². The Hall–Kier alpha value is -3.49. The molecule has 0 spiro atoms. The molecule has 0 bridgehead atoms. The highest BCUT2D eigenvalue weighted by molar-refractivity contribution is 7.99. The lowest BCUT2D eigenvalue weighted by molar-refractivity contribution is -0.113. The summed E-state index contributed by atoms with van der Waals surface area (Å²) in [5, 5.41) is 12.8. The fourth-order valence-corrected chi connectivity index (χ4v) is 4.22. The van der Waals surface area contributed by atoms with Gasteiger partial charge in [0.05, 0.1) is 12.4 Å². The number of benzene rings is 3. The molecule has 4 aromatic rings. The highest BCUT2D eigenvalue weighted by Gasteiger charge is 2.17. The van der Waals surface area contributed by atoms with Gasteiger partial charge in [-0.15, -0.1) is 10.2 Å². The number of carbonyl (C=O) groups excluding carboxylic acids is 1. The number of aromatic nitrogens is 3. The molecule has 0 radical (unpaired) electrons. The van der Waals surface area contributed by atoms with Crippen molar-refractivity contribution < 1.29 is 14.3 Å². The normalized spacial score (nSPS) is 10.7. The number of hydrogen-bond donors (Lipinski definition) is 1. The zero-order valence-corrected chi connectivity index (χ0v) is 21.5. The van der Waals surface area contributed by atoms with E-state index in [-0.39, 0.29) is 18.3 Å². The number of hydrogen-bond acceptors (Lipinski definition) is 6. The van der Waals surface area contributed by atoms with E-state index in [1.165, 1.54) is 11.8 Å². The van der Waals surface area contributed by atoms with Crippen molar-refractivity contribution in [3.05, 3.63) is 89.7 Å². The van der Waals surface area contributed by atoms with Gasteiger partial charge >= 0.3 is 0 Å². The standard InChI is InChI=1S/C27H27ClN4O3S/c1-2-3-16-34-24-11-7-8-21(17-24)29-26(33)19-36-27-31-30-25(32(27)22-9-5-4-6-10-22)18-35-23-14-12-20(28)13-15-23/h4-15,17H,2-3,16,18-19H2,1H3,(H,29,33). The summed E-state index contributed by atoms with van der Waals surface area (Å²) >= 11 is 7.27. The molecule has 36 heavy (non-hydrogen) atoms. The van der Waals surface area contributed by atoms with E-state index < -0.39 is 0 Å². The molecule has 0 atom stereocenters. The summed E-state index contributed by atoms with van der Waals surface area (Å²) in [5.74, 6) is 2.06. The van der Waals surface area contributed by atoms with Crippen molar-refractivity contribution in [2.75, 3.05) is 17.7 Å². The Balaban J connectivity index is 1.42. The maximum atomic E-state index is 12.7. The maximum absolute atomic E-state index is 12.7. The van der Waals surface area contributed by atoms with Crippen molar-refractivity contribution in [1.29, 1.82) is 0 Å². The number of ether oxygens (including phenoxy) is 2. The lowest BCUT2D eigenvalue weighted by atomic mass is 10.3. The first-order valence-electron chi connectivity index (χ1n) is 11.7. The number of unbranched alkanes of at least 4 members (excludes halogenated alkanes) is 1. The molecule has 0 aliphatic heterocycles. The van der Waals surface area contributed by atoms with Crippen LogP contribution in [0, 0.1) is 0 Å². The Bertz CT molecular complexity index is 1270. The van der Waals surface area contributed by atoms with Crippen molar-refractivity contribution in [3.63, 3.8) is 0 Å². The molecular weight excluding hydrogens is 496 g/mol. The average Bonchev–Trinajstić information content (AvgIpc) is 3.31. The molecule has 9 heteroatoms. The van der Waals surface area contributed by atoms with E-state index in [1.807, 2.05) is 59.2 Å². The predicted molar refractivity (Wildman–Crippen MR) is 143 cm³/mol. The van der Waals surface area contributed by atoms with Gasteiger partial charge in [0.1, 0.15) is 18.1 Å². The topological polar surface area (TPSA) is 78.3 Å². The second-order valence-electron chi connectivity index (χ2n) is 7.88. The molecule has 3 aromatic carbocycles. The summed E-state index contributed by atoms with van der Waals surface area (Å²) < 4.78 is 13.5. The van der Waals surface area contributed by atoms with Crippen LogP contribution in [0.3, 0.4) is 0 Å². The molecule has 7 nitrogen and oxygen atoms in total. The fraction of sp³-hybridized carbons (Fsp3) is 0.222. The SMILES string of the molecule is CCCCOc1cccc(NC(=O)CSc2nnc(COc3ccc(Cl)cc3)n2-c2ccccc2)c1. The zero-order chi connectivity index (χ0) is 25.2. The Kier molecular flexibility index (Phi) is 9.24. The smallest absolute Gasteiger partial charge is 0.234 e. The van der Waals surface area contributed by atoms with Gasteiger partial charge < -0.3 is 14.8 Å². The molecule has 0 aliphatic rings. The Morgan fingerprint density at radius 1 is 0.972 bits per heavy atom. The third kappa shape index (κ3) is 7.26. The van der Waals surface area contributed by atoms with Crippen LogP contribution in [-0.2, 0) is 11.4 Å². The average molecular weight is 523 g/mol. The molecule has 0 saturated carbocycles. The molecule has 0 fully saturated rings. The van der Waals surface area contributed by atoms with Crippen LogP contribution in [0.25, 0.3) is 5.69 Å². The molecule has 1 heterocycles. The van der Waals surface area contributed by atoms with Gasteiger partial charge in [0.25, 0.3) is 0 Å². The van der Waals surface area contributed by atoms with Crippen LogP contribution >= 0.6 is 23.4 Å². The van der Waals surface area contributed by atoms with Crippen LogP contribution in [0.4, 0.5) is 5.69 Å². The largest absolute Gasteiger partial charge is 0.494 e. The highest BCUT2D eigenvalue weighted by atomic mass is 35.5. The number of carbonyl (C=O) groups is 1. The van der Waals surface area contributed by atoms with E-state index in [0.29, 0.717) is 34.0 Å². The van der Waals surface area contributed by atoms with Gasteiger partial charge in [0.15, 0.2) is 11.0 Å². The number of thioether (sulfide) groups is 1. The molecule has 4 rings (SSSR count). The number of nitrogens with zero attached hydrogens (tertiary/aromatic N) is 3. The second-order valence-corrected chi connectivity index (χ2v) is 9.26. The summed E-state index contributed by atoms with van der Waals surface area (Å²) in [6.45, 7) is 2.98. The molecule has 1 aromatic heterocycles. The number of halogens is 1. The van der Waals surface area contributed by atoms with Gasteiger partial charge in [-0.2, -0.15) is 0 Å². The molecule has 1 amide bonds. The summed E-state index contributed by atoms with van der Waals surface area (Å²) in [4.78, 5) is 12.7. The van der Waals surface area contributed by atoms with Crippen molar-refractivity contribution in [1.82, 2.24) is 14.8 Å². The Labute approximate surface area is 219 Å². The van der Waals surface area contributed by atoms with Gasteiger partial charge in [0.2, 0.25) is 5.91 Å². The van der Waals surface area contributed by atoms with E-state index in [9.17, 15) is 4.79 Å². The Morgan fingerprint density at radius 3 is 2.56 bits per heavy atom. The number of nitrogens with one attached hydrogen (secondary N) is 1. The Morgan fingerprint density at radius 2 is 1.78 bits per heavy atom. The molecule has 186 valence electrons. The van der Waals surface area contributed by atoms with Crippen LogP contribution in [0.5, 0.6) is 11.5 Å². The van der Waals surface area contributed by atoms with Crippen molar-refractivity contribution >= 4 is 35.0 Å². The number of amides is 1. The molecule has 1 N–H and O–H groups in total. The fourth-order valence-electron chi connectivity index (χ4n) is 3.33. The monoisotopic (exact) mass is 522 g/mol. The molecular formula is C27H27ClN4O3S. The van der Waals surface area contributed by atoms with Crippen LogP contribution in [0.2, 0.25) is 5.02 Å². The van der Waals surface area contributed by atoms with Crippen LogP contribution in [0.1, 0.15) is 25.6 Å². The molecule has 0 saturated heterocycles. The minimum atomic E-state index is -0.146. The first-order chi connectivity index (χ1) is 17.6. The van der Waals surface area contributed by atoms with Gasteiger partial charge in [0, 0.05) is 22.5 Å². The van der Waals surface area contributed by atoms with E-state index in [1.54, 1.807) is 24.3 Å². The molecule has 0 unspecified atom stereocenters. The summed E-state index contributed by atoms with van der Waals surface area (Å²) in [6, 6.07) is 24.3. The van der Waals surface area contributed by atoms with Gasteiger partial charge in [-0.25, -0.2) is 0 Å². The third-order valence-electron chi connectivity index (χ3n) is 5.11. The summed E-state index contributed by atoms with van der Waals surface area (Å²) in [6.07, 6.45) is 2.05. The summed E-state index contributed by atoms with van der Waals surface area (Å²) in [7, 11) is 0. The van der Waals surface area contributed by atoms with Crippen LogP contribution in [0.15, 0.2) is 84.0 Å². The van der Waals surface area contributed by atoms with Gasteiger partial charge in [-0.3, -0.25) is 9.36 Å². The van der Waals surface area contributed by atoms with Gasteiger partial charge in [-0.1, -0.05) is 61.0 Å². The van der Waals surface area contributed by atoms with Crippen LogP contribution < -0.4 is 14.8 Å². The van der Waals surface area contributed by atoms with E-state index >= 15 is 0 Å². The first kappa shape index (κ1) is 25.6. The number of para-hydroxylation sites is 1. The lowest BCUT2D eigenvalue weighted by Crippen LogP contribution is -2.15. The van der Waals surface area contributed by atoms with E-state index in [2.05, 4.69) is 22.4 Å². The van der Waals surface area contributed by atoms with E-state index in [4.69, 9.17) is 21.1 Å². The first-order valence-corrected chi connectivity index (χ1v) is 13.0. The summed E-state index contributed by atoms with van der Waals surface area (Å²) in [5.41, 5.74) is 1.58. The number of anilines is 1. The molecule has 0 aliphatic carbocycles. The van der Waals surface area contributed by atoms with Crippen molar-refractivity contribution in [3.8, 4) is 17.2 Å². The third-order valence-corrected chi connectivity index (χ3v) is 6.29.